The highest BCUT2D eigenvalue weighted by atomic mass is 32.2. The normalized spacial score (nSPS) is 24.2. The number of thioether (sulfide) groups is 1. The Morgan fingerprint density at radius 3 is 2.42 bits per heavy atom. The second-order valence-electron chi connectivity index (χ2n) is 4.94. The molecule has 0 amide bonds. The summed E-state index contributed by atoms with van der Waals surface area (Å²) in [6.45, 7) is 0. The lowest BCUT2D eigenvalue weighted by molar-refractivity contribution is -0.137. The molecule has 0 radical (unpaired) electrons. The Labute approximate surface area is 116 Å². The Kier molecular flexibility index (Phi) is 4.66. The first-order chi connectivity index (χ1) is 8.99. The van der Waals surface area contributed by atoms with E-state index in [4.69, 9.17) is 0 Å². The highest BCUT2D eigenvalue weighted by Gasteiger charge is 2.30. The number of rotatable bonds is 3. The minimum Gasteiger partial charge on any atom is -0.382 e. The van der Waals surface area contributed by atoms with Gasteiger partial charge in [-0.2, -0.15) is 24.9 Å². The van der Waals surface area contributed by atoms with E-state index in [2.05, 4.69) is 11.6 Å². The zero-order valence-electron chi connectivity index (χ0n) is 10.8. The molecule has 0 bridgehead atoms. The van der Waals surface area contributed by atoms with Gasteiger partial charge in [0.05, 0.1) is 5.56 Å². The van der Waals surface area contributed by atoms with Gasteiger partial charge in [-0.3, -0.25) is 0 Å². The molecular weight excluding hydrogens is 271 g/mol. The Morgan fingerprint density at radius 1 is 1.16 bits per heavy atom. The monoisotopic (exact) mass is 289 g/mol. The topological polar surface area (TPSA) is 12.0 Å². The molecule has 1 fully saturated rings. The molecule has 0 spiro atoms. The molecule has 0 aliphatic heterocycles. The van der Waals surface area contributed by atoms with Crippen molar-refractivity contribution in [1.29, 1.82) is 0 Å². The van der Waals surface area contributed by atoms with E-state index < -0.39 is 11.7 Å². The van der Waals surface area contributed by atoms with Crippen LogP contribution in [0.3, 0.4) is 0 Å². The molecule has 5 heteroatoms. The Hall–Kier alpha value is -0.840. The van der Waals surface area contributed by atoms with Crippen molar-refractivity contribution in [1.82, 2.24) is 0 Å². The second kappa shape index (κ2) is 6.07. The van der Waals surface area contributed by atoms with Crippen LogP contribution < -0.4 is 5.32 Å². The second-order valence-corrected chi connectivity index (χ2v) is 6.08. The molecule has 0 aromatic heterocycles. The average molecular weight is 289 g/mol. The number of nitrogens with one attached hydrogen (secondary N) is 1. The van der Waals surface area contributed by atoms with Crippen LogP contribution in [0, 0.1) is 0 Å². The minimum atomic E-state index is -4.26. The largest absolute Gasteiger partial charge is 0.416 e. The van der Waals surface area contributed by atoms with E-state index >= 15 is 0 Å². The molecule has 1 saturated carbocycles. The molecule has 106 valence electrons. The summed E-state index contributed by atoms with van der Waals surface area (Å²) in [6, 6.07) is 5.69. The molecule has 0 saturated heterocycles. The molecule has 1 N–H and O–H groups in total. The minimum absolute atomic E-state index is 0.378. The van der Waals surface area contributed by atoms with Gasteiger partial charge in [0.15, 0.2) is 0 Å². The van der Waals surface area contributed by atoms with Crippen LogP contribution in [0.5, 0.6) is 0 Å². The molecule has 1 aliphatic rings. The summed E-state index contributed by atoms with van der Waals surface area (Å²) in [5, 5.41) is 4.01. The van der Waals surface area contributed by atoms with Crippen molar-refractivity contribution in [3.05, 3.63) is 29.8 Å². The van der Waals surface area contributed by atoms with Gasteiger partial charge in [0, 0.05) is 17.0 Å². The van der Waals surface area contributed by atoms with Gasteiger partial charge in [-0.25, -0.2) is 0 Å². The standard InChI is InChI=1S/C14H18F3NS/c1-19-13-4-2-3-12(9-13)18-11-7-5-10(6-8-11)14(15,16)17/h5-8,12-13,18H,2-4,9H2,1H3. The zero-order valence-corrected chi connectivity index (χ0v) is 11.7. The summed E-state index contributed by atoms with van der Waals surface area (Å²) >= 11 is 1.88. The van der Waals surface area contributed by atoms with Crippen LogP contribution in [0.15, 0.2) is 24.3 Å². The van der Waals surface area contributed by atoms with Gasteiger partial charge in [-0.1, -0.05) is 6.42 Å². The Balaban J connectivity index is 1.96. The van der Waals surface area contributed by atoms with Gasteiger partial charge >= 0.3 is 6.18 Å². The Morgan fingerprint density at radius 2 is 1.84 bits per heavy atom. The van der Waals surface area contributed by atoms with Crippen molar-refractivity contribution in [2.75, 3.05) is 11.6 Å². The SMILES string of the molecule is CSC1CCCC(Nc2ccc(C(F)(F)F)cc2)C1. The first-order valence-corrected chi connectivity index (χ1v) is 7.74. The lowest BCUT2D eigenvalue weighted by atomic mass is 9.94. The lowest BCUT2D eigenvalue weighted by Crippen LogP contribution is -2.28. The van der Waals surface area contributed by atoms with Crippen molar-refractivity contribution < 1.29 is 13.2 Å². The molecule has 2 unspecified atom stereocenters. The van der Waals surface area contributed by atoms with Crippen LogP contribution in [-0.4, -0.2) is 17.5 Å². The van der Waals surface area contributed by atoms with Crippen LogP contribution in [0.4, 0.5) is 18.9 Å². The molecule has 1 aromatic carbocycles. The van der Waals surface area contributed by atoms with E-state index in [0.717, 1.165) is 30.7 Å². The van der Waals surface area contributed by atoms with Crippen molar-refractivity contribution in [2.24, 2.45) is 0 Å². The van der Waals surface area contributed by atoms with Crippen molar-refractivity contribution >= 4 is 17.4 Å². The third-order valence-electron chi connectivity index (χ3n) is 3.54. The van der Waals surface area contributed by atoms with Gasteiger partial charge < -0.3 is 5.32 Å². The summed E-state index contributed by atoms with van der Waals surface area (Å²) in [6.07, 6.45) is 2.47. The summed E-state index contributed by atoms with van der Waals surface area (Å²) in [7, 11) is 0. The quantitative estimate of drug-likeness (QED) is 0.858. The number of hydrogen-bond acceptors (Lipinski definition) is 2. The smallest absolute Gasteiger partial charge is 0.382 e. The maximum Gasteiger partial charge on any atom is 0.416 e. The van der Waals surface area contributed by atoms with Crippen molar-refractivity contribution in [3.8, 4) is 0 Å². The predicted molar refractivity (Wildman–Crippen MR) is 74.6 cm³/mol. The summed E-state index contributed by atoms with van der Waals surface area (Å²) in [5.74, 6) is 0. The van der Waals surface area contributed by atoms with E-state index in [0.29, 0.717) is 11.3 Å². The highest BCUT2D eigenvalue weighted by molar-refractivity contribution is 7.99. The summed E-state index contributed by atoms with van der Waals surface area (Å²) in [5.41, 5.74) is 0.184. The number of anilines is 1. The fraction of sp³-hybridized carbons (Fsp3) is 0.571. The van der Waals surface area contributed by atoms with Crippen molar-refractivity contribution in [2.45, 2.75) is 43.2 Å². The fourth-order valence-corrected chi connectivity index (χ4v) is 3.31. The maximum absolute atomic E-state index is 12.5. The number of alkyl halides is 3. The van der Waals surface area contributed by atoms with Crippen LogP contribution in [0.25, 0.3) is 0 Å². The van der Waals surface area contributed by atoms with Gasteiger partial charge in [-0.15, -0.1) is 0 Å². The predicted octanol–water partition coefficient (Wildman–Crippen LogP) is 4.79. The Bertz CT molecular complexity index is 402. The molecule has 2 atom stereocenters. The first kappa shape index (κ1) is 14.6. The molecule has 0 heterocycles. The number of hydrogen-bond donors (Lipinski definition) is 1. The molecule has 1 nitrogen and oxygen atoms in total. The van der Waals surface area contributed by atoms with Gasteiger partial charge in [0.1, 0.15) is 0 Å². The average Bonchev–Trinajstić information content (AvgIpc) is 2.38. The zero-order chi connectivity index (χ0) is 13.9. The fourth-order valence-electron chi connectivity index (χ4n) is 2.48. The van der Waals surface area contributed by atoms with Gasteiger partial charge in [0.2, 0.25) is 0 Å². The van der Waals surface area contributed by atoms with E-state index in [-0.39, 0.29) is 0 Å². The van der Waals surface area contributed by atoms with Crippen LogP contribution in [0.1, 0.15) is 31.2 Å². The van der Waals surface area contributed by atoms with E-state index in [1.54, 1.807) is 0 Å². The molecule has 19 heavy (non-hydrogen) atoms. The molecule has 1 aromatic rings. The van der Waals surface area contributed by atoms with Crippen LogP contribution in [-0.2, 0) is 6.18 Å². The molecular formula is C14H18F3NS. The van der Waals surface area contributed by atoms with E-state index in [1.165, 1.54) is 25.0 Å². The summed E-state index contributed by atoms with van der Waals surface area (Å²) < 4.78 is 37.4. The van der Waals surface area contributed by atoms with Crippen LogP contribution in [0.2, 0.25) is 0 Å². The summed E-state index contributed by atoms with van der Waals surface area (Å²) in [4.78, 5) is 0. The van der Waals surface area contributed by atoms with Crippen LogP contribution >= 0.6 is 11.8 Å². The van der Waals surface area contributed by atoms with Crippen molar-refractivity contribution in [3.63, 3.8) is 0 Å². The number of halogens is 3. The lowest BCUT2D eigenvalue weighted by Gasteiger charge is -2.29. The molecule has 2 rings (SSSR count). The van der Waals surface area contributed by atoms with E-state index in [1.807, 2.05) is 11.8 Å². The highest BCUT2D eigenvalue weighted by Crippen LogP contribution is 2.31. The first-order valence-electron chi connectivity index (χ1n) is 6.45. The van der Waals surface area contributed by atoms with Gasteiger partial charge in [-0.05, 0) is 49.8 Å². The van der Waals surface area contributed by atoms with E-state index in [9.17, 15) is 13.2 Å². The number of benzene rings is 1. The third-order valence-corrected chi connectivity index (χ3v) is 4.64. The molecule has 1 aliphatic carbocycles. The maximum atomic E-state index is 12.5. The van der Waals surface area contributed by atoms with Gasteiger partial charge in [0.25, 0.3) is 0 Å². The third kappa shape index (κ3) is 4.06.